The van der Waals surface area contributed by atoms with Crippen molar-refractivity contribution in [2.24, 2.45) is 5.73 Å². The summed E-state index contributed by atoms with van der Waals surface area (Å²) in [6.07, 6.45) is 1.56. The van der Waals surface area contributed by atoms with Gasteiger partial charge in [0.05, 0.1) is 5.56 Å². The minimum atomic E-state index is -0.604. The lowest BCUT2D eigenvalue weighted by atomic mass is 10.1. The summed E-state index contributed by atoms with van der Waals surface area (Å²) in [5.41, 5.74) is 6.01. The Hall–Kier alpha value is -2.89. The van der Waals surface area contributed by atoms with Crippen LogP contribution in [-0.4, -0.2) is 23.3 Å². The highest BCUT2D eigenvalue weighted by atomic mass is 16.5. The largest absolute Gasteiger partial charge is 0.436 e. The number of aromatic nitrogens is 1. The van der Waals surface area contributed by atoms with Gasteiger partial charge in [-0.15, -0.1) is 0 Å². The van der Waals surface area contributed by atoms with Crippen LogP contribution in [0.15, 0.2) is 42.6 Å². The van der Waals surface area contributed by atoms with Gasteiger partial charge < -0.3 is 10.5 Å². The average molecular weight is 269 g/mol. The molecule has 6 nitrogen and oxygen atoms in total. The highest BCUT2D eigenvalue weighted by molar-refractivity contribution is 6.11. The van der Waals surface area contributed by atoms with Crippen LogP contribution in [-0.2, 0) is 4.79 Å². The quantitative estimate of drug-likeness (QED) is 0.890. The van der Waals surface area contributed by atoms with Gasteiger partial charge in [0, 0.05) is 6.20 Å². The van der Waals surface area contributed by atoms with Crippen molar-refractivity contribution in [2.45, 2.75) is 0 Å². The fourth-order valence-electron chi connectivity index (χ4n) is 2.07. The Labute approximate surface area is 114 Å². The topological polar surface area (TPSA) is 85.5 Å². The first kappa shape index (κ1) is 12.2. The Bertz CT molecular complexity index is 700. The Morgan fingerprint density at radius 1 is 1.25 bits per heavy atom. The van der Waals surface area contributed by atoms with Crippen molar-refractivity contribution in [2.75, 3.05) is 11.4 Å². The van der Waals surface area contributed by atoms with E-state index < -0.39 is 5.91 Å². The van der Waals surface area contributed by atoms with Gasteiger partial charge in [-0.3, -0.25) is 14.5 Å². The number of carbonyl (C=O) groups is 2. The molecule has 1 aliphatic heterocycles. The number of benzene rings is 1. The van der Waals surface area contributed by atoms with Crippen LogP contribution in [0.5, 0.6) is 11.6 Å². The molecule has 0 unspecified atom stereocenters. The van der Waals surface area contributed by atoms with E-state index in [0.29, 0.717) is 17.0 Å². The summed E-state index contributed by atoms with van der Waals surface area (Å²) >= 11 is 0. The molecule has 20 heavy (non-hydrogen) atoms. The smallest absolute Gasteiger partial charge is 0.262 e. The fourth-order valence-corrected chi connectivity index (χ4v) is 2.07. The molecule has 6 heteroatoms. The molecule has 2 amide bonds. The Morgan fingerprint density at radius 2 is 2.05 bits per heavy atom. The molecule has 1 aromatic carbocycles. The van der Waals surface area contributed by atoms with Gasteiger partial charge in [-0.1, -0.05) is 12.1 Å². The number of pyridine rings is 1. The van der Waals surface area contributed by atoms with Gasteiger partial charge in [-0.2, -0.15) is 0 Å². The molecule has 1 aliphatic rings. The Morgan fingerprint density at radius 3 is 2.85 bits per heavy atom. The lowest BCUT2D eigenvalue weighted by molar-refractivity contribution is -0.116. The van der Waals surface area contributed by atoms with Gasteiger partial charge >= 0.3 is 0 Å². The Kier molecular flexibility index (Phi) is 2.83. The van der Waals surface area contributed by atoms with Crippen molar-refractivity contribution in [3.8, 4) is 11.6 Å². The average Bonchev–Trinajstić information content (AvgIpc) is 2.55. The molecule has 2 aromatic rings. The standard InChI is InChI=1S/C14H11N3O3/c15-12(18)8-17-10-5-3-7-16-13(10)20-11-6-2-1-4-9(11)14(17)19/h1-7H,8H2,(H2,15,18). The van der Waals surface area contributed by atoms with Crippen LogP contribution in [0.25, 0.3) is 0 Å². The number of rotatable bonds is 2. The van der Waals surface area contributed by atoms with Gasteiger partial charge in [-0.05, 0) is 24.3 Å². The summed E-state index contributed by atoms with van der Waals surface area (Å²) in [6, 6.07) is 10.1. The van der Waals surface area contributed by atoms with Gasteiger partial charge in [-0.25, -0.2) is 4.98 Å². The SMILES string of the molecule is NC(=O)CN1C(=O)c2ccccc2Oc2ncccc21. The van der Waals surface area contributed by atoms with E-state index in [2.05, 4.69) is 4.98 Å². The van der Waals surface area contributed by atoms with Crippen molar-refractivity contribution in [3.63, 3.8) is 0 Å². The van der Waals surface area contributed by atoms with Crippen molar-refractivity contribution >= 4 is 17.5 Å². The summed E-state index contributed by atoms with van der Waals surface area (Å²) in [5, 5.41) is 0. The van der Waals surface area contributed by atoms with E-state index >= 15 is 0 Å². The zero-order valence-corrected chi connectivity index (χ0v) is 10.4. The molecule has 0 fully saturated rings. The number of hydrogen-bond donors (Lipinski definition) is 1. The number of carbonyl (C=O) groups excluding carboxylic acids is 2. The molecule has 2 heterocycles. The summed E-state index contributed by atoms with van der Waals surface area (Å²) < 4.78 is 5.66. The minimum absolute atomic E-state index is 0.227. The number of hydrogen-bond acceptors (Lipinski definition) is 4. The summed E-state index contributed by atoms with van der Waals surface area (Å²) in [4.78, 5) is 29.1. The lowest BCUT2D eigenvalue weighted by Crippen LogP contribution is -2.38. The molecule has 0 saturated heterocycles. The van der Waals surface area contributed by atoms with Crippen LogP contribution in [0.4, 0.5) is 5.69 Å². The molecule has 0 saturated carbocycles. The third-order valence-corrected chi connectivity index (χ3v) is 2.93. The van der Waals surface area contributed by atoms with Crippen LogP contribution in [0.2, 0.25) is 0 Å². The van der Waals surface area contributed by atoms with E-state index in [-0.39, 0.29) is 18.3 Å². The number of nitrogens with two attached hydrogens (primary N) is 1. The van der Waals surface area contributed by atoms with Crippen LogP contribution in [0.1, 0.15) is 10.4 Å². The predicted octanol–water partition coefficient (Wildman–Crippen LogP) is 1.32. The molecule has 3 rings (SSSR count). The highest BCUT2D eigenvalue weighted by Crippen LogP contribution is 2.36. The van der Waals surface area contributed by atoms with E-state index in [9.17, 15) is 9.59 Å². The van der Waals surface area contributed by atoms with Crippen LogP contribution in [0, 0.1) is 0 Å². The maximum absolute atomic E-state index is 12.5. The first-order chi connectivity index (χ1) is 9.66. The molecule has 0 spiro atoms. The molecule has 2 N–H and O–H groups in total. The van der Waals surface area contributed by atoms with E-state index in [1.807, 2.05) is 0 Å². The van der Waals surface area contributed by atoms with E-state index in [1.54, 1.807) is 42.6 Å². The van der Waals surface area contributed by atoms with Gasteiger partial charge in [0.1, 0.15) is 18.0 Å². The zero-order chi connectivity index (χ0) is 14.1. The number of anilines is 1. The molecule has 1 aromatic heterocycles. The molecular formula is C14H11N3O3. The van der Waals surface area contributed by atoms with E-state index in [4.69, 9.17) is 10.5 Å². The number of nitrogens with zero attached hydrogens (tertiary/aromatic N) is 2. The van der Waals surface area contributed by atoms with Crippen LogP contribution >= 0.6 is 0 Å². The van der Waals surface area contributed by atoms with Gasteiger partial charge in [0.15, 0.2) is 0 Å². The molecule has 0 radical (unpaired) electrons. The van der Waals surface area contributed by atoms with Crippen LogP contribution in [0.3, 0.4) is 0 Å². The summed E-state index contributed by atoms with van der Waals surface area (Å²) in [7, 11) is 0. The molecule has 100 valence electrons. The van der Waals surface area contributed by atoms with E-state index in [0.717, 1.165) is 0 Å². The second kappa shape index (κ2) is 4.65. The fraction of sp³-hybridized carbons (Fsp3) is 0.0714. The zero-order valence-electron chi connectivity index (χ0n) is 10.4. The number of amides is 2. The first-order valence-corrected chi connectivity index (χ1v) is 5.99. The number of primary amides is 1. The predicted molar refractivity (Wildman–Crippen MR) is 71.6 cm³/mol. The van der Waals surface area contributed by atoms with Gasteiger partial charge in [0.2, 0.25) is 11.8 Å². The van der Waals surface area contributed by atoms with Crippen molar-refractivity contribution < 1.29 is 14.3 Å². The first-order valence-electron chi connectivity index (χ1n) is 5.99. The van der Waals surface area contributed by atoms with Gasteiger partial charge in [0.25, 0.3) is 5.91 Å². The highest BCUT2D eigenvalue weighted by Gasteiger charge is 2.29. The second-order valence-electron chi connectivity index (χ2n) is 4.28. The van der Waals surface area contributed by atoms with Crippen molar-refractivity contribution in [1.29, 1.82) is 0 Å². The summed E-state index contributed by atoms with van der Waals surface area (Å²) in [6.45, 7) is -0.227. The maximum atomic E-state index is 12.5. The van der Waals surface area contributed by atoms with E-state index in [1.165, 1.54) is 4.90 Å². The Balaban J connectivity index is 2.19. The summed E-state index contributed by atoms with van der Waals surface area (Å²) in [5.74, 6) is -0.268. The van der Waals surface area contributed by atoms with Crippen LogP contribution < -0.4 is 15.4 Å². The lowest BCUT2D eigenvalue weighted by Gasteiger charge is -2.19. The third-order valence-electron chi connectivity index (χ3n) is 2.93. The van der Waals surface area contributed by atoms with Crippen molar-refractivity contribution in [1.82, 2.24) is 4.98 Å². The second-order valence-corrected chi connectivity index (χ2v) is 4.28. The minimum Gasteiger partial charge on any atom is -0.436 e. The third kappa shape index (κ3) is 1.97. The number of ether oxygens (including phenoxy) is 1. The molecule has 0 atom stereocenters. The molecular weight excluding hydrogens is 258 g/mol. The van der Waals surface area contributed by atoms with Crippen molar-refractivity contribution in [3.05, 3.63) is 48.2 Å². The molecule has 0 aliphatic carbocycles. The number of para-hydroxylation sites is 1. The number of fused-ring (bicyclic) bond motifs is 2. The monoisotopic (exact) mass is 269 g/mol. The maximum Gasteiger partial charge on any atom is 0.262 e. The molecule has 0 bridgehead atoms. The normalized spacial score (nSPS) is 13.0.